The smallest absolute Gasteiger partial charge is 0.243 e. The summed E-state index contributed by atoms with van der Waals surface area (Å²) in [5, 5.41) is 5.59. The first kappa shape index (κ1) is 19.5. The average molecular weight is 414 g/mol. The van der Waals surface area contributed by atoms with Crippen LogP contribution in [0.15, 0.2) is 47.6 Å². The van der Waals surface area contributed by atoms with Crippen LogP contribution < -0.4 is 10.6 Å². The molecule has 152 valence electrons. The number of carbonyl (C=O) groups is 2. The van der Waals surface area contributed by atoms with Crippen LogP contribution in [0.4, 0.5) is 11.4 Å². The van der Waals surface area contributed by atoms with Gasteiger partial charge >= 0.3 is 0 Å². The standard InChI is InChI=1S/C20H22N4O4S/c25-19-6-3-15-12-17(4-5-18(15)23-19)29(27,28)24-10-7-14(8-11-24)20(26)22-16-2-1-9-21-13-16/h1-2,4-5,9,12-14H,3,6-8,10-11H2,(H,22,26)(H,23,25). The van der Waals surface area contributed by atoms with Crippen molar-refractivity contribution < 1.29 is 18.0 Å². The van der Waals surface area contributed by atoms with Crippen molar-refractivity contribution in [2.75, 3.05) is 23.7 Å². The van der Waals surface area contributed by atoms with Gasteiger partial charge in [-0.05, 0) is 55.2 Å². The molecular formula is C20H22N4O4S. The molecule has 4 rings (SSSR count). The highest BCUT2D eigenvalue weighted by molar-refractivity contribution is 7.89. The van der Waals surface area contributed by atoms with E-state index in [1.165, 1.54) is 10.4 Å². The lowest BCUT2D eigenvalue weighted by molar-refractivity contribution is -0.121. The van der Waals surface area contributed by atoms with Gasteiger partial charge in [-0.3, -0.25) is 14.6 Å². The Morgan fingerprint density at radius 3 is 2.69 bits per heavy atom. The number of amides is 2. The van der Waals surface area contributed by atoms with Crippen LogP contribution in [0.5, 0.6) is 0 Å². The van der Waals surface area contributed by atoms with Gasteiger partial charge in [0.05, 0.1) is 16.8 Å². The number of rotatable bonds is 4. The van der Waals surface area contributed by atoms with Crippen LogP contribution in [0.3, 0.4) is 0 Å². The van der Waals surface area contributed by atoms with E-state index in [4.69, 9.17) is 0 Å². The second kappa shape index (κ2) is 7.92. The van der Waals surface area contributed by atoms with Gasteiger partial charge in [0.2, 0.25) is 21.8 Å². The number of carbonyl (C=O) groups excluding carboxylic acids is 2. The maximum absolute atomic E-state index is 13.0. The lowest BCUT2D eigenvalue weighted by Crippen LogP contribution is -2.41. The summed E-state index contributed by atoms with van der Waals surface area (Å²) in [5.41, 5.74) is 2.14. The lowest BCUT2D eigenvalue weighted by atomic mass is 9.97. The second-order valence-electron chi connectivity index (χ2n) is 7.28. The number of pyridine rings is 1. The Morgan fingerprint density at radius 2 is 1.97 bits per heavy atom. The van der Waals surface area contributed by atoms with Gasteiger partial charge in [0.15, 0.2) is 0 Å². The summed E-state index contributed by atoms with van der Waals surface area (Å²) in [6.45, 7) is 0.586. The number of aryl methyl sites for hydroxylation is 1. The van der Waals surface area contributed by atoms with E-state index in [0.717, 1.165) is 5.56 Å². The molecule has 29 heavy (non-hydrogen) atoms. The normalized spacial score (nSPS) is 18.0. The number of piperidine rings is 1. The van der Waals surface area contributed by atoms with E-state index in [0.29, 0.717) is 50.1 Å². The fourth-order valence-corrected chi connectivity index (χ4v) is 5.23. The monoisotopic (exact) mass is 414 g/mol. The van der Waals surface area contributed by atoms with Crippen LogP contribution in [-0.4, -0.2) is 42.6 Å². The fourth-order valence-electron chi connectivity index (χ4n) is 3.71. The minimum Gasteiger partial charge on any atom is -0.326 e. The van der Waals surface area contributed by atoms with Crippen LogP contribution in [0.1, 0.15) is 24.8 Å². The Morgan fingerprint density at radius 1 is 1.17 bits per heavy atom. The summed E-state index contributed by atoms with van der Waals surface area (Å²) in [6, 6.07) is 8.33. The van der Waals surface area contributed by atoms with E-state index in [1.54, 1.807) is 36.7 Å². The van der Waals surface area contributed by atoms with E-state index < -0.39 is 10.0 Å². The molecule has 0 radical (unpaired) electrons. The van der Waals surface area contributed by atoms with E-state index in [9.17, 15) is 18.0 Å². The molecule has 2 N–H and O–H groups in total. The van der Waals surface area contributed by atoms with Crippen molar-refractivity contribution in [2.24, 2.45) is 5.92 Å². The minimum absolute atomic E-state index is 0.0558. The summed E-state index contributed by atoms with van der Waals surface area (Å²) in [5.74, 6) is -0.403. The molecule has 1 aromatic carbocycles. The summed E-state index contributed by atoms with van der Waals surface area (Å²) in [7, 11) is -3.64. The van der Waals surface area contributed by atoms with Gasteiger partial charge in [0, 0.05) is 37.3 Å². The third-order valence-corrected chi connectivity index (χ3v) is 7.26. The first-order valence-corrected chi connectivity index (χ1v) is 11.0. The highest BCUT2D eigenvalue weighted by Crippen LogP contribution is 2.29. The van der Waals surface area contributed by atoms with Crippen molar-refractivity contribution >= 4 is 33.2 Å². The number of nitrogens with one attached hydrogen (secondary N) is 2. The maximum Gasteiger partial charge on any atom is 0.243 e. The zero-order chi connectivity index (χ0) is 20.4. The van der Waals surface area contributed by atoms with E-state index in [-0.39, 0.29) is 22.6 Å². The quantitative estimate of drug-likeness (QED) is 0.796. The predicted octanol–water partition coefficient (Wildman–Crippen LogP) is 2.01. The van der Waals surface area contributed by atoms with E-state index in [2.05, 4.69) is 15.6 Å². The molecule has 1 aromatic heterocycles. The van der Waals surface area contributed by atoms with Gasteiger partial charge in [0.1, 0.15) is 0 Å². The predicted molar refractivity (Wildman–Crippen MR) is 108 cm³/mol. The molecule has 0 atom stereocenters. The number of nitrogens with zero attached hydrogens (tertiary/aromatic N) is 2. The molecule has 2 aromatic rings. The van der Waals surface area contributed by atoms with Crippen LogP contribution in [-0.2, 0) is 26.0 Å². The van der Waals surface area contributed by atoms with Crippen LogP contribution in [0.25, 0.3) is 0 Å². The number of hydrogen-bond acceptors (Lipinski definition) is 5. The molecule has 0 spiro atoms. The van der Waals surface area contributed by atoms with Crippen LogP contribution in [0, 0.1) is 5.92 Å². The van der Waals surface area contributed by atoms with Gasteiger partial charge in [-0.2, -0.15) is 4.31 Å². The molecule has 8 nitrogen and oxygen atoms in total. The van der Waals surface area contributed by atoms with Crippen molar-refractivity contribution in [3.8, 4) is 0 Å². The molecule has 1 saturated heterocycles. The molecule has 0 saturated carbocycles. The topological polar surface area (TPSA) is 108 Å². The van der Waals surface area contributed by atoms with Gasteiger partial charge in [-0.15, -0.1) is 0 Å². The van der Waals surface area contributed by atoms with Crippen molar-refractivity contribution in [3.63, 3.8) is 0 Å². The van der Waals surface area contributed by atoms with Crippen molar-refractivity contribution in [3.05, 3.63) is 48.3 Å². The third kappa shape index (κ3) is 4.15. The second-order valence-corrected chi connectivity index (χ2v) is 9.21. The lowest BCUT2D eigenvalue weighted by Gasteiger charge is -2.31. The summed E-state index contributed by atoms with van der Waals surface area (Å²) < 4.78 is 27.5. The Balaban J connectivity index is 1.41. The zero-order valence-electron chi connectivity index (χ0n) is 15.8. The first-order valence-electron chi connectivity index (χ1n) is 9.57. The van der Waals surface area contributed by atoms with E-state index >= 15 is 0 Å². The van der Waals surface area contributed by atoms with E-state index in [1.807, 2.05) is 0 Å². The number of aromatic nitrogens is 1. The van der Waals surface area contributed by atoms with Gasteiger partial charge in [0.25, 0.3) is 0 Å². The number of hydrogen-bond donors (Lipinski definition) is 2. The average Bonchev–Trinajstić information content (AvgIpc) is 2.74. The molecule has 3 heterocycles. The minimum atomic E-state index is -3.64. The molecular weight excluding hydrogens is 392 g/mol. The Kier molecular flexibility index (Phi) is 5.33. The Bertz CT molecular complexity index is 1030. The summed E-state index contributed by atoms with van der Waals surface area (Å²) in [4.78, 5) is 28.1. The number of anilines is 2. The largest absolute Gasteiger partial charge is 0.326 e. The summed E-state index contributed by atoms with van der Waals surface area (Å²) >= 11 is 0. The zero-order valence-corrected chi connectivity index (χ0v) is 16.6. The maximum atomic E-state index is 13.0. The van der Waals surface area contributed by atoms with Crippen LogP contribution in [0.2, 0.25) is 0 Å². The molecule has 2 aliphatic heterocycles. The highest BCUT2D eigenvalue weighted by Gasteiger charge is 2.32. The molecule has 9 heteroatoms. The van der Waals surface area contributed by atoms with Gasteiger partial charge in [-0.25, -0.2) is 8.42 Å². The van der Waals surface area contributed by atoms with Crippen LogP contribution >= 0.6 is 0 Å². The number of fused-ring (bicyclic) bond motifs is 1. The molecule has 0 bridgehead atoms. The Labute approximate surface area is 169 Å². The van der Waals surface area contributed by atoms with Gasteiger partial charge in [-0.1, -0.05) is 0 Å². The van der Waals surface area contributed by atoms with Crippen molar-refractivity contribution in [2.45, 2.75) is 30.6 Å². The first-order chi connectivity index (χ1) is 13.9. The van der Waals surface area contributed by atoms with Crippen molar-refractivity contribution in [1.82, 2.24) is 9.29 Å². The molecule has 0 aliphatic carbocycles. The molecule has 2 amide bonds. The highest BCUT2D eigenvalue weighted by atomic mass is 32.2. The molecule has 2 aliphatic rings. The van der Waals surface area contributed by atoms with Crippen molar-refractivity contribution in [1.29, 1.82) is 0 Å². The fraction of sp³-hybridized carbons (Fsp3) is 0.350. The number of benzene rings is 1. The Hall–Kier alpha value is -2.78. The molecule has 1 fully saturated rings. The number of sulfonamides is 1. The summed E-state index contributed by atoms with van der Waals surface area (Å²) in [6.07, 6.45) is 5.03. The van der Waals surface area contributed by atoms with Gasteiger partial charge < -0.3 is 10.6 Å². The SMILES string of the molecule is O=C1CCc2cc(S(=O)(=O)N3CCC(C(=O)Nc4cccnc4)CC3)ccc2N1. The third-order valence-electron chi connectivity index (χ3n) is 5.36. The molecule has 0 unspecified atom stereocenters.